The third kappa shape index (κ3) is 6.06. The standard InChI is InChI=1S/C58H51N/c1-56(2,3)54-35-43(42-24-22-40(23-25-42)38-16-10-8-11-17-38)34-50-49-33-31-46(37-53(49)58(6,7)55(50)54)59(44-28-26-41(27-29-44)39-18-12-9-13-19-39)45-30-32-48-47-20-14-15-21-51(47)57(4,5)52(48)36-45/h8-37H,1-7H3. The Bertz CT molecular complexity index is 2870. The lowest BCUT2D eigenvalue weighted by Gasteiger charge is -2.32. The molecule has 2 aliphatic carbocycles. The van der Waals surface area contributed by atoms with Crippen molar-refractivity contribution in [3.63, 3.8) is 0 Å². The van der Waals surface area contributed by atoms with Gasteiger partial charge in [0.15, 0.2) is 0 Å². The summed E-state index contributed by atoms with van der Waals surface area (Å²) in [6.07, 6.45) is 0. The quantitative estimate of drug-likeness (QED) is 0.163. The maximum Gasteiger partial charge on any atom is 0.0465 e. The summed E-state index contributed by atoms with van der Waals surface area (Å²) in [7, 11) is 0. The zero-order valence-corrected chi connectivity index (χ0v) is 35.3. The molecule has 59 heavy (non-hydrogen) atoms. The average Bonchev–Trinajstić information content (AvgIpc) is 3.63. The van der Waals surface area contributed by atoms with Gasteiger partial charge in [0.2, 0.25) is 0 Å². The largest absolute Gasteiger partial charge is 0.310 e. The van der Waals surface area contributed by atoms with E-state index in [1.807, 2.05) is 0 Å². The molecule has 0 saturated heterocycles. The monoisotopic (exact) mass is 761 g/mol. The van der Waals surface area contributed by atoms with Crippen LogP contribution in [0.4, 0.5) is 17.1 Å². The molecule has 288 valence electrons. The van der Waals surface area contributed by atoms with Crippen LogP contribution in [0, 0.1) is 0 Å². The molecule has 0 radical (unpaired) electrons. The van der Waals surface area contributed by atoms with Crippen LogP contribution >= 0.6 is 0 Å². The molecule has 1 heteroatoms. The summed E-state index contributed by atoms with van der Waals surface area (Å²) in [5.74, 6) is 0. The highest BCUT2D eigenvalue weighted by atomic mass is 15.1. The van der Waals surface area contributed by atoms with Crippen LogP contribution in [0.3, 0.4) is 0 Å². The second-order valence-corrected chi connectivity index (χ2v) is 18.6. The molecule has 1 nitrogen and oxygen atoms in total. The van der Waals surface area contributed by atoms with Crippen LogP contribution in [0.15, 0.2) is 182 Å². The summed E-state index contributed by atoms with van der Waals surface area (Å²) in [4.78, 5) is 2.47. The van der Waals surface area contributed by atoms with Gasteiger partial charge >= 0.3 is 0 Å². The Kier molecular flexibility index (Phi) is 8.48. The Morgan fingerprint density at radius 2 is 0.763 bits per heavy atom. The molecule has 0 unspecified atom stereocenters. The first-order valence-electron chi connectivity index (χ1n) is 21.1. The first kappa shape index (κ1) is 36.9. The number of rotatable bonds is 6. The molecule has 2 aliphatic rings. The summed E-state index contributed by atoms with van der Waals surface area (Å²) in [5.41, 5.74) is 22.9. The minimum atomic E-state index is -0.205. The van der Waals surface area contributed by atoms with E-state index in [4.69, 9.17) is 0 Å². The number of anilines is 3. The fourth-order valence-electron chi connectivity index (χ4n) is 10.0. The molecule has 10 rings (SSSR count). The average molecular weight is 762 g/mol. The van der Waals surface area contributed by atoms with Gasteiger partial charge in [0.25, 0.3) is 0 Å². The Hall–Kier alpha value is -6.44. The Morgan fingerprint density at radius 3 is 1.32 bits per heavy atom. The van der Waals surface area contributed by atoms with Gasteiger partial charge in [-0.15, -0.1) is 0 Å². The van der Waals surface area contributed by atoms with Crippen LogP contribution in [0.2, 0.25) is 0 Å². The third-order valence-electron chi connectivity index (χ3n) is 13.2. The molecule has 0 fully saturated rings. The molecule has 8 aromatic rings. The van der Waals surface area contributed by atoms with Crippen LogP contribution < -0.4 is 4.90 Å². The molecule has 0 spiro atoms. The highest BCUT2D eigenvalue weighted by molar-refractivity contribution is 5.91. The normalized spacial score (nSPS) is 14.3. The van der Waals surface area contributed by atoms with E-state index in [0.717, 1.165) is 5.69 Å². The highest BCUT2D eigenvalue weighted by Crippen LogP contribution is 2.56. The van der Waals surface area contributed by atoms with E-state index in [0.29, 0.717) is 0 Å². The molecule has 0 amide bonds. The van der Waals surface area contributed by atoms with Crippen molar-refractivity contribution < 1.29 is 0 Å². The SMILES string of the molecule is CC(C)(C)c1cc(-c2ccc(-c3ccccc3)cc2)cc2c1C(C)(C)c1cc(N(c3ccc(-c4ccccc4)cc3)c3ccc4c(c3)C(C)(C)c3ccccc3-4)ccc1-2. The predicted octanol–water partition coefficient (Wildman–Crippen LogP) is 16.1. The van der Waals surface area contributed by atoms with Crippen LogP contribution in [-0.2, 0) is 16.2 Å². The third-order valence-corrected chi connectivity index (χ3v) is 13.2. The van der Waals surface area contributed by atoms with Crippen molar-refractivity contribution in [1.82, 2.24) is 0 Å². The first-order valence-corrected chi connectivity index (χ1v) is 21.1. The number of benzene rings is 8. The molecular weight excluding hydrogens is 711 g/mol. The van der Waals surface area contributed by atoms with Gasteiger partial charge in [-0.1, -0.05) is 188 Å². The van der Waals surface area contributed by atoms with E-state index < -0.39 is 0 Å². The van der Waals surface area contributed by atoms with Crippen molar-refractivity contribution in [3.05, 3.63) is 210 Å². The second-order valence-electron chi connectivity index (χ2n) is 18.6. The second kappa shape index (κ2) is 13.6. The van der Waals surface area contributed by atoms with Gasteiger partial charge in [-0.2, -0.15) is 0 Å². The Labute approximate surface area is 350 Å². The van der Waals surface area contributed by atoms with Gasteiger partial charge in [0.05, 0.1) is 0 Å². The van der Waals surface area contributed by atoms with E-state index in [2.05, 4.69) is 235 Å². The van der Waals surface area contributed by atoms with Crippen LogP contribution in [0.25, 0.3) is 55.6 Å². The lowest BCUT2D eigenvalue weighted by Crippen LogP contribution is -2.23. The van der Waals surface area contributed by atoms with Crippen molar-refractivity contribution >= 4 is 17.1 Å². The van der Waals surface area contributed by atoms with Gasteiger partial charge in [0, 0.05) is 27.9 Å². The molecule has 0 saturated carbocycles. The van der Waals surface area contributed by atoms with E-state index in [9.17, 15) is 0 Å². The number of fused-ring (bicyclic) bond motifs is 6. The molecule has 0 N–H and O–H groups in total. The predicted molar refractivity (Wildman–Crippen MR) is 251 cm³/mol. The fraction of sp³-hybridized carbons (Fsp3) is 0.172. The van der Waals surface area contributed by atoms with E-state index in [1.165, 1.54) is 94.8 Å². The molecule has 0 heterocycles. The van der Waals surface area contributed by atoms with Crippen molar-refractivity contribution in [2.45, 2.75) is 64.7 Å². The Balaban J connectivity index is 1.11. The smallest absolute Gasteiger partial charge is 0.0465 e. The van der Waals surface area contributed by atoms with Crippen molar-refractivity contribution in [3.8, 4) is 55.6 Å². The van der Waals surface area contributed by atoms with Gasteiger partial charge in [-0.25, -0.2) is 0 Å². The zero-order valence-electron chi connectivity index (χ0n) is 35.3. The van der Waals surface area contributed by atoms with Crippen LogP contribution in [-0.4, -0.2) is 0 Å². The summed E-state index contributed by atoms with van der Waals surface area (Å²) >= 11 is 0. The minimum Gasteiger partial charge on any atom is -0.310 e. The molecule has 0 aliphatic heterocycles. The van der Waals surface area contributed by atoms with Crippen LogP contribution in [0.1, 0.15) is 76.3 Å². The number of hydrogen-bond acceptors (Lipinski definition) is 1. The lowest BCUT2D eigenvalue weighted by atomic mass is 9.73. The minimum absolute atomic E-state index is 0.0481. The van der Waals surface area contributed by atoms with E-state index >= 15 is 0 Å². The fourth-order valence-corrected chi connectivity index (χ4v) is 10.0. The molecule has 8 aromatic carbocycles. The highest BCUT2D eigenvalue weighted by Gasteiger charge is 2.41. The summed E-state index contributed by atoms with van der Waals surface area (Å²) in [6, 6.07) is 67.7. The molecule has 0 aromatic heterocycles. The maximum atomic E-state index is 2.48. The van der Waals surface area contributed by atoms with Gasteiger partial charge < -0.3 is 4.90 Å². The van der Waals surface area contributed by atoms with Gasteiger partial charge in [-0.05, 0) is 131 Å². The topological polar surface area (TPSA) is 3.24 Å². The summed E-state index contributed by atoms with van der Waals surface area (Å²) < 4.78 is 0. The molecular formula is C58H51N. The Morgan fingerprint density at radius 1 is 0.339 bits per heavy atom. The summed E-state index contributed by atoms with van der Waals surface area (Å²) in [5, 5.41) is 0. The van der Waals surface area contributed by atoms with E-state index in [-0.39, 0.29) is 16.2 Å². The molecule has 0 atom stereocenters. The number of nitrogens with zero attached hydrogens (tertiary/aromatic N) is 1. The van der Waals surface area contributed by atoms with Gasteiger partial charge in [0.1, 0.15) is 0 Å². The van der Waals surface area contributed by atoms with E-state index in [1.54, 1.807) is 0 Å². The zero-order chi connectivity index (χ0) is 40.7. The number of hydrogen-bond donors (Lipinski definition) is 0. The van der Waals surface area contributed by atoms with Crippen LogP contribution in [0.5, 0.6) is 0 Å². The first-order chi connectivity index (χ1) is 28.4. The van der Waals surface area contributed by atoms with Crippen molar-refractivity contribution in [2.75, 3.05) is 4.90 Å². The van der Waals surface area contributed by atoms with Gasteiger partial charge in [-0.3, -0.25) is 0 Å². The maximum absolute atomic E-state index is 2.48. The lowest BCUT2D eigenvalue weighted by molar-refractivity contribution is 0.557. The summed E-state index contributed by atoms with van der Waals surface area (Å²) in [6.45, 7) is 16.7. The van der Waals surface area contributed by atoms with Crippen molar-refractivity contribution in [2.24, 2.45) is 0 Å². The molecule has 0 bridgehead atoms. The van der Waals surface area contributed by atoms with Crippen molar-refractivity contribution in [1.29, 1.82) is 0 Å².